The third kappa shape index (κ3) is 5.03. The number of halogens is 1. The number of nitrogens with zero attached hydrogens (tertiary/aromatic N) is 2. The standard InChI is InChI=1S/C21H21BrN4O3/c1-13-6-4-8-17(10-13)26-14(2)19(12-23-26)21(28)25-24-20(27)15(3)29-18-9-5-7-16(22)11-18/h4-12,15H,1-3H3,(H,24,27)(H,25,28). The van der Waals surface area contributed by atoms with Crippen LogP contribution < -0.4 is 15.6 Å². The molecule has 150 valence electrons. The van der Waals surface area contributed by atoms with Gasteiger partial charge in [-0.3, -0.25) is 20.4 Å². The van der Waals surface area contributed by atoms with Gasteiger partial charge in [-0.15, -0.1) is 0 Å². The van der Waals surface area contributed by atoms with E-state index < -0.39 is 17.9 Å². The van der Waals surface area contributed by atoms with Gasteiger partial charge in [0.05, 0.1) is 23.1 Å². The van der Waals surface area contributed by atoms with Gasteiger partial charge in [0, 0.05) is 4.47 Å². The first kappa shape index (κ1) is 20.6. The number of carbonyl (C=O) groups is 2. The summed E-state index contributed by atoms with van der Waals surface area (Å²) in [5, 5.41) is 4.29. The highest BCUT2D eigenvalue weighted by Crippen LogP contribution is 2.19. The van der Waals surface area contributed by atoms with Gasteiger partial charge in [0.25, 0.3) is 11.8 Å². The van der Waals surface area contributed by atoms with Crippen molar-refractivity contribution in [1.82, 2.24) is 20.6 Å². The Hall–Kier alpha value is -3.13. The number of nitrogens with one attached hydrogen (secondary N) is 2. The van der Waals surface area contributed by atoms with Crippen LogP contribution in [0.3, 0.4) is 0 Å². The molecule has 2 amide bonds. The van der Waals surface area contributed by atoms with Crippen LogP contribution >= 0.6 is 15.9 Å². The molecule has 2 aromatic carbocycles. The van der Waals surface area contributed by atoms with Crippen LogP contribution in [0.4, 0.5) is 0 Å². The van der Waals surface area contributed by atoms with Gasteiger partial charge < -0.3 is 4.74 Å². The largest absolute Gasteiger partial charge is 0.481 e. The lowest BCUT2D eigenvalue weighted by atomic mass is 10.2. The smallest absolute Gasteiger partial charge is 0.279 e. The molecule has 0 aliphatic carbocycles. The van der Waals surface area contributed by atoms with E-state index in [0.717, 1.165) is 15.7 Å². The molecule has 1 aromatic heterocycles. The summed E-state index contributed by atoms with van der Waals surface area (Å²) in [6.07, 6.45) is 0.682. The predicted octanol–water partition coefficient (Wildman–Crippen LogP) is 3.48. The zero-order valence-electron chi connectivity index (χ0n) is 16.3. The molecule has 0 bridgehead atoms. The number of aromatic nitrogens is 2. The van der Waals surface area contributed by atoms with Crippen LogP contribution in [0.5, 0.6) is 5.75 Å². The summed E-state index contributed by atoms with van der Waals surface area (Å²) in [6.45, 7) is 5.39. The Morgan fingerprint density at radius 2 is 1.86 bits per heavy atom. The molecule has 0 saturated heterocycles. The average molecular weight is 457 g/mol. The summed E-state index contributed by atoms with van der Waals surface area (Å²) < 4.78 is 8.11. The van der Waals surface area contributed by atoms with Gasteiger partial charge in [0.2, 0.25) is 0 Å². The predicted molar refractivity (Wildman–Crippen MR) is 113 cm³/mol. The summed E-state index contributed by atoms with van der Waals surface area (Å²) >= 11 is 3.35. The van der Waals surface area contributed by atoms with Gasteiger partial charge in [-0.25, -0.2) is 4.68 Å². The molecule has 2 N–H and O–H groups in total. The van der Waals surface area contributed by atoms with Crippen molar-refractivity contribution < 1.29 is 14.3 Å². The maximum absolute atomic E-state index is 12.5. The first-order valence-electron chi connectivity index (χ1n) is 8.99. The van der Waals surface area contributed by atoms with E-state index in [0.29, 0.717) is 17.0 Å². The van der Waals surface area contributed by atoms with Gasteiger partial charge in [-0.1, -0.05) is 34.1 Å². The lowest BCUT2D eigenvalue weighted by Crippen LogP contribution is -2.47. The third-order valence-electron chi connectivity index (χ3n) is 4.28. The zero-order valence-corrected chi connectivity index (χ0v) is 17.9. The normalized spacial score (nSPS) is 11.6. The molecule has 1 heterocycles. The molecule has 1 atom stereocenters. The SMILES string of the molecule is Cc1cccc(-n2ncc(C(=O)NNC(=O)C(C)Oc3cccc(Br)c3)c2C)c1. The number of amides is 2. The Morgan fingerprint density at radius 1 is 1.10 bits per heavy atom. The van der Waals surface area contributed by atoms with Crippen molar-refractivity contribution in [3.63, 3.8) is 0 Å². The van der Waals surface area contributed by atoms with Crippen molar-refractivity contribution in [3.05, 3.63) is 76.0 Å². The molecule has 0 radical (unpaired) electrons. The van der Waals surface area contributed by atoms with Gasteiger partial charge >= 0.3 is 0 Å². The van der Waals surface area contributed by atoms with Crippen molar-refractivity contribution in [2.75, 3.05) is 0 Å². The second kappa shape index (κ2) is 8.91. The molecule has 0 aliphatic rings. The number of ether oxygens (including phenoxy) is 1. The minimum absolute atomic E-state index is 0.368. The maximum Gasteiger partial charge on any atom is 0.279 e. The highest BCUT2D eigenvalue weighted by atomic mass is 79.9. The molecule has 7 nitrogen and oxygen atoms in total. The molecule has 29 heavy (non-hydrogen) atoms. The molecule has 8 heteroatoms. The van der Waals surface area contributed by atoms with Crippen molar-refractivity contribution in [1.29, 1.82) is 0 Å². The average Bonchev–Trinajstić information content (AvgIpc) is 3.07. The highest BCUT2D eigenvalue weighted by molar-refractivity contribution is 9.10. The molecule has 0 spiro atoms. The molecule has 3 aromatic rings. The monoisotopic (exact) mass is 456 g/mol. The topological polar surface area (TPSA) is 85.3 Å². The lowest BCUT2D eigenvalue weighted by Gasteiger charge is -2.15. The molecular weight excluding hydrogens is 436 g/mol. The van der Waals surface area contributed by atoms with E-state index in [2.05, 4.69) is 31.9 Å². The van der Waals surface area contributed by atoms with E-state index in [9.17, 15) is 9.59 Å². The number of hydrazine groups is 1. The van der Waals surface area contributed by atoms with Crippen LogP contribution in [0, 0.1) is 13.8 Å². The van der Waals surface area contributed by atoms with Crippen LogP contribution in [-0.2, 0) is 4.79 Å². The number of aryl methyl sites for hydroxylation is 1. The van der Waals surface area contributed by atoms with Crippen molar-refractivity contribution in [2.24, 2.45) is 0 Å². The maximum atomic E-state index is 12.5. The fourth-order valence-electron chi connectivity index (χ4n) is 2.74. The summed E-state index contributed by atoms with van der Waals surface area (Å²) in [5.74, 6) is -0.380. The second-order valence-electron chi connectivity index (χ2n) is 6.56. The van der Waals surface area contributed by atoms with Gasteiger partial charge in [-0.05, 0) is 56.7 Å². The zero-order chi connectivity index (χ0) is 21.0. The van der Waals surface area contributed by atoms with Gasteiger partial charge in [-0.2, -0.15) is 5.10 Å². The molecule has 0 fully saturated rings. The molecular formula is C21H21BrN4O3. The molecule has 1 unspecified atom stereocenters. The Bertz CT molecular complexity index is 1050. The van der Waals surface area contributed by atoms with Crippen molar-refractivity contribution in [3.8, 4) is 11.4 Å². The van der Waals surface area contributed by atoms with Crippen molar-refractivity contribution in [2.45, 2.75) is 26.9 Å². The second-order valence-corrected chi connectivity index (χ2v) is 7.47. The Morgan fingerprint density at radius 3 is 2.59 bits per heavy atom. The van der Waals surface area contributed by atoms with E-state index in [1.165, 1.54) is 6.20 Å². The quantitative estimate of drug-likeness (QED) is 0.575. The summed E-state index contributed by atoms with van der Waals surface area (Å²) in [4.78, 5) is 24.7. The fourth-order valence-corrected chi connectivity index (χ4v) is 3.12. The van der Waals surface area contributed by atoms with Crippen LogP contribution in [-0.4, -0.2) is 27.7 Å². The van der Waals surface area contributed by atoms with Crippen molar-refractivity contribution >= 4 is 27.7 Å². The highest BCUT2D eigenvalue weighted by Gasteiger charge is 2.19. The number of rotatable bonds is 5. The number of carbonyl (C=O) groups excluding carboxylic acids is 2. The van der Waals surface area contributed by atoms with Crippen LogP contribution in [0.1, 0.15) is 28.5 Å². The van der Waals surface area contributed by atoms with E-state index in [1.54, 1.807) is 36.7 Å². The van der Waals surface area contributed by atoms with Gasteiger partial charge in [0.1, 0.15) is 5.75 Å². The van der Waals surface area contributed by atoms with Crippen LogP contribution in [0.15, 0.2) is 59.2 Å². The fraction of sp³-hybridized carbons (Fsp3) is 0.190. The van der Waals surface area contributed by atoms with Crippen LogP contribution in [0.2, 0.25) is 0 Å². The summed E-state index contributed by atoms with van der Waals surface area (Å²) in [7, 11) is 0. The Labute approximate surface area is 177 Å². The summed E-state index contributed by atoms with van der Waals surface area (Å²) in [6, 6.07) is 15.0. The molecule has 3 rings (SSSR count). The minimum atomic E-state index is -0.791. The summed E-state index contributed by atoms with van der Waals surface area (Å²) in [5.41, 5.74) is 7.79. The van der Waals surface area contributed by atoms with Gasteiger partial charge in [0.15, 0.2) is 6.10 Å². The Balaban J connectivity index is 1.61. The lowest BCUT2D eigenvalue weighted by molar-refractivity contribution is -0.128. The third-order valence-corrected chi connectivity index (χ3v) is 4.77. The van der Waals surface area contributed by atoms with Crippen LogP contribution in [0.25, 0.3) is 5.69 Å². The number of benzene rings is 2. The first-order valence-corrected chi connectivity index (χ1v) is 9.78. The van der Waals surface area contributed by atoms with E-state index in [-0.39, 0.29) is 0 Å². The Kier molecular flexibility index (Phi) is 6.33. The van der Waals surface area contributed by atoms with E-state index in [1.807, 2.05) is 37.3 Å². The van der Waals surface area contributed by atoms with E-state index in [4.69, 9.17) is 4.74 Å². The minimum Gasteiger partial charge on any atom is -0.481 e. The molecule has 0 aliphatic heterocycles. The van der Waals surface area contributed by atoms with E-state index >= 15 is 0 Å². The first-order chi connectivity index (χ1) is 13.8. The number of hydrogen-bond acceptors (Lipinski definition) is 4. The molecule has 0 saturated carbocycles. The number of hydrogen-bond donors (Lipinski definition) is 2.